The smallest absolute Gasteiger partial charge is 0.355 e. The molecule has 54 heavy (non-hydrogen) atoms. The predicted molar refractivity (Wildman–Crippen MR) is 192 cm³/mol. The second-order valence-electron chi connectivity index (χ2n) is 10.4. The van der Waals surface area contributed by atoms with Gasteiger partial charge in [0.15, 0.2) is 0 Å². The van der Waals surface area contributed by atoms with Gasteiger partial charge in [0.05, 0.1) is 17.4 Å². The van der Waals surface area contributed by atoms with Gasteiger partial charge in [0.1, 0.15) is 26.4 Å². The number of aliphatic hydroxyl groups excluding tert-OH is 1. The summed E-state index contributed by atoms with van der Waals surface area (Å²) in [4.78, 5) is 47.6. The summed E-state index contributed by atoms with van der Waals surface area (Å²) in [5.74, 6) is 0. The first-order valence-corrected chi connectivity index (χ1v) is 17.3. The Hall–Kier alpha value is -4.16. The minimum Gasteiger partial charge on any atom is -0.461 e. The van der Waals surface area contributed by atoms with Crippen LogP contribution in [0.4, 0.5) is 0 Å². The fraction of sp³-hybridized carbons (Fsp3) is 0.654. The van der Waals surface area contributed by atoms with Crippen LogP contribution in [0.15, 0.2) is 12.1 Å². The molecule has 0 aromatic carbocycles. The summed E-state index contributed by atoms with van der Waals surface area (Å²) in [6.45, 7) is 10.2. The van der Waals surface area contributed by atoms with Crippen LogP contribution in [0.1, 0.15) is 57.0 Å². The number of aryl methyl sites for hydroxylation is 3. The van der Waals surface area contributed by atoms with Gasteiger partial charge in [-0.1, -0.05) is 31.0 Å². The molecule has 3 aromatic heterocycles. The number of halogens is 5. The van der Waals surface area contributed by atoms with E-state index in [1.54, 1.807) is 6.92 Å². The molecule has 28 heteroatoms. The monoisotopic (exact) mass is 870 g/mol. The zero-order valence-corrected chi connectivity index (χ0v) is 33.6. The number of hydrogen-bond donors (Lipinski definition) is 1. The second-order valence-corrected chi connectivity index (χ2v) is 12.2. The van der Waals surface area contributed by atoms with E-state index in [9.17, 15) is 30.3 Å². The van der Waals surface area contributed by atoms with E-state index in [4.69, 9.17) is 67.8 Å². The van der Waals surface area contributed by atoms with Crippen LogP contribution < -0.4 is 4.74 Å². The van der Waals surface area contributed by atoms with E-state index in [1.165, 1.54) is 5.56 Å². The van der Waals surface area contributed by atoms with Crippen LogP contribution in [-0.4, -0.2) is 105 Å². The van der Waals surface area contributed by atoms with Crippen molar-refractivity contribution >= 4 is 58.0 Å². The molecular formula is C26H39Cl5N12O11. The van der Waals surface area contributed by atoms with Crippen molar-refractivity contribution in [2.75, 3.05) is 38.4 Å². The highest BCUT2D eigenvalue weighted by Crippen LogP contribution is 2.26. The fourth-order valence-corrected chi connectivity index (χ4v) is 3.68. The third-order valence-corrected chi connectivity index (χ3v) is 7.07. The summed E-state index contributed by atoms with van der Waals surface area (Å²) in [6, 6.07) is 3.91. The average molecular weight is 873 g/mol. The molecule has 3 aromatic rings. The van der Waals surface area contributed by atoms with Gasteiger partial charge in [-0.15, -0.1) is 84.1 Å². The molecule has 1 N–H and O–H groups in total. The summed E-state index contributed by atoms with van der Waals surface area (Å²) in [6.07, 6.45) is 1.57. The second kappa shape index (κ2) is 29.2. The van der Waals surface area contributed by atoms with Gasteiger partial charge >= 0.3 is 6.01 Å². The van der Waals surface area contributed by atoms with Gasteiger partial charge in [-0.25, -0.2) is 0 Å². The normalized spacial score (nSPS) is 10.2. The lowest BCUT2D eigenvalue weighted by Crippen LogP contribution is -2.39. The van der Waals surface area contributed by atoms with Crippen molar-refractivity contribution in [1.29, 1.82) is 0 Å². The van der Waals surface area contributed by atoms with Gasteiger partial charge in [-0.3, -0.25) is 4.98 Å². The molecule has 0 fully saturated rings. The quantitative estimate of drug-likeness (QED) is 0.111. The number of nitrogens with zero attached hydrogens (tertiary/aromatic N) is 12. The number of rotatable bonds is 16. The number of ether oxygens (including phenoxy) is 1. The summed E-state index contributed by atoms with van der Waals surface area (Å²) < 4.78 is 5.17. The largest absolute Gasteiger partial charge is 0.461 e. The Bertz CT molecular complexity index is 1410. The molecular weight excluding hydrogens is 834 g/mol. The summed E-state index contributed by atoms with van der Waals surface area (Å²) >= 11 is 25.3. The number of hydrogen-bond acceptors (Lipinski definition) is 20. The standard InChI is InChI=1S/C8H11ClN6O7.C8H11N.C7H15NO4.C2Cl2N4.CH2Cl2/c1-2-8(4-21-14(16)17,5-22-15(18)19)3-20-7-12-10-6(9)11-13-7;1-6-4-7(2)9-8(3)5-6;1-3-7(4-2,5-9)6-12-8(10)11;3-1-5-7-2(4)8-6-1;2-1-3/h2-5H2,1H3;4-5H,1-3H3;9H,3-6H2,1-2H3;;1H2. The van der Waals surface area contributed by atoms with Crippen LogP contribution in [0.2, 0.25) is 15.9 Å². The van der Waals surface area contributed by atoms with Crippen molar-refractivity contribution in [3.8, 4) is 6.01 Å². The van der Waals surface area contributed by atoms with E-state index in [-0.39, 0.29) is 53.4 Å². The number of alkyl halides is 2. The SMILES string of the molecule is CCC(CC)(CO)CO[N+](=O)[O-].CCC(COc1nnc(Cl)nn1)(CO[N+](=O)[O-])CO[N+](=O)[O-].Cc1cc(C)nc(C)c1.ClCCl.Clc1nnc(Cl)nn1. The van der Waals surface area contributed by atoms with E-state index in [2.05, 4.69) is 79.3 Å². The number of pyridine rings is 1. The molecule has 3 heterocycles. The topological polar surface area (TPSA) is 303 Å². The van der Waals surface area contributed by atoms with Crippen LogP contribution in [0.5, 0.6) is 6.01 Å². The Morgan fingerprint density at radius 2 is 0.944 bits per heavy atom. The maximum absolute atomic E-state index is 10.3. The van der Waals surface area contributed by atoms with E-state index < -0.39 is 39.3 Å². The van der Waals surface area contributed by atoms with Gasteiger partial charge in [0, 0.05) is 16.8 Å². The van der Waals surface area contributed by atoms with E-state index >= 15 is 0 Å². The van der Waals surface area contributed by atoms with Gasteiger partial charge in [0.25, 0.3) is 31.1 Å². The van der Waals surface area contributed by atoms with Crippen LogP contribution in [0, 0.1) is 61.9 Å². The molecule has 0 spiro atoms. The lowest BCUT2D eigenvalue weighted by Gasteiger charge is -2.29. The highest BCUT2D eigenvalue weighted by molar-refractivity contribution is 6.40. The molecule has 304 valence electrons. The van der Waals surface area contributed by atoms with Gasteiger partial charge in [0.2, 0.25) is 0 Å². The molecule has 0 amide bonds. The van der Waals surface area contributed by atoms with Crippen molar-refractivity contribution in [1.82, 2.24) is 45.8 Å². The zero-order valence-electron chi connectivity index (χ0n) is 29.8. The Labute approximate surface area is 333 Å². The summed E-state index contributed by atoms with van der Waals surface area (Å²) in [5, 5.41) is 63.6. The number of aromatic nitrogens is 9. The molecule has 0 aliphatic carbocycles. The van der Waals surface area contributed by atoms with Crippen LogP contribution in [-0.2, 0) is 14.5 Å². The molecule has 0 bridgehead atoms. The first-order valence-electron chi connectivity index (χ1n) is 15.1. The van der Waals surface area contributed by atoms with Crippen molar-refractivity contribution in [2.24, 2.45) is 10.8 Å². The summed E-state index contributed by atoms with van der Waals surface area (Å²) in [5.41, 5.74) is 1.89. The lowest BCUT2D eigenvalue weighted by molar-refractivity contribution is -0.772. The molecule has 0 aliphatic rings. The maximum Gasteiger partial charge on any atom is 0.355 e. The van der Waals surface area contributed by atoms with E-state index in [0.717, 1.165) is 11.4 Å². The lowest BCUT2D eigenvalue weighted by atomic mass is 9.84. The van der Waals surface area contributed by atoms with Gasteiger partial charge in [-0.05, 0) is 92.5 Å². The van der Waals surface area contributed by atoms with Crippen LogP contribution in [0.3, 0.4) is 0 Å². The van der Waals surface area contributed by atoms with E-state index in [0.29, 0.717) is 12.8 Å². The maximum atomic E-state index is 10.3. The first-order chi connectivity index (χ1) is 25.3. The van der Waals surface area contributed by atoms with Crippen molar-refractivity contribution in [2.45, 2.75) is 60.8 Å². The molecule has 0 unspecified atom stereocenters. The fourth-order valence-electron chi connectivity index (χ4n) is 3.46. The average Bonchev–Trinajstić information content (AvgIpc) is 3.11. The summed E-state index contributed by atoms with van der Waals surface area (Å²) in [7, 11) is 0. The predicted octanol–water partition coefficient (Wildman–Crippen LogP) is 5.11. The van der Waals surface area contributed by atoms with Gasteiger partial charge < -0.3 is 24.4 Å². The molecule has 0 radical (unpaired) electrons. The molecule has 3 rings (SSSR count). The van der Waals surface area contributed by atoms with Crippen molar-refractivity contribution in [3.63, 3.8) is 0 Å². The van der Waals surface area contributed by atoms with Gasteiger partial charge in [-0.2, -0.15) is 0 Å². The third kappa shape index (κ3) is 25.8. The van der Waals surface area contributed by atoms with Crippen molar-refractivity contribution < 1.29 is 39.6 Å². The minimum absolute atomic E-state index is 0.00519. The molecule has 0 saturated carbocycles. The highest BCUT2D eigenvalue weighted by Gasteiger charge is 2.33. The Kier molecular flexibility index (Phi) is 28.1. The Morgan fingerprint density at radius 3 is 1.22 bits per heavy atom. The molecule has 0 atom stereocenters. The molecule has 23 nitrogen and oxygen atoms in total. The minimum atomic E-state index is -1.16. The Morgan fingerprint density at radius 1 is 0.630 bits per heavy atom. The molecule has 0 saturated heterocycles. The third-order valence-electron chi connectivity index (χ3n) is 6.61. The zero-order chi connectivity index (χ0) is 41.7. The van der Waals surface area contributed by atoms with Crippen LogP contribution >= 0.6 is 58.0 Å². The van der Waals surface area contributed by atoms with E-state index in [1.807, 2.05) is 27.7 Å². The molecule has 0 aliphatic heterocycles. The van der Waals surface area contributed by atoms with Crippen molar-refractivity contribution in [3.05, 3.63) is 75.3 Å². The first kappa shape index (κ1) is 51.9. The van der Waals surface area contributed by atoms with Crippen LogP contribution in [0.25, 0.3) is 0 Å². The highest BCUT2D eigenvalue weighted by atomic mass is 35.5. The Balaban J connectivity index is 0. The number of aliphatic hydroxyl groups is 1.